The van der Waals surface area contributed by atoms with Crippen LogP contribution in [0.4, 0.5) is 4.79 Å². The molecule has 152 valence electrons. The van der Waals surface area contributed by atoms with Crippen molar-refractivity contribution in [3.05, 3.63) is 76.9 Å². The molecule has 1 aromatic heterocycles. The van der Waals surface area contributed by atoms with E-state index in [1.54, 1.807) is 11.9 Å². The zero-order valence-corrected chi connectivity index (χ0v) is 17.0. The number of benzene rings is 2. The Kier molecular flexibility index (Phi) is 6.84. The topological polar surface area (TPSA) is 80.5 Å². The van der Waals surface area contributed by atoms with Crippen molar-refractivity contribution in [2.45, 2.75) is 33.4 Å². The van der Waals surface area contributed by atoms with Gasteiger partial charge in [-0.15, -0.1) is 0 Å². The van der Waals surface area contributed by atoms with Crippen LogP contribution >= 0.6 is 0 Å². The Bertz CT molecular complexity index is 937. The first-order chi connectivity index (χ1) is 14.0. The van der Waals surface area contributed by atoms with Gasteiger partial charge in [-0.3, -0.25) is 0 Å². The van der Waals surface area contributed by atoms with Gasteiger partial charge in [0, 0.05) is 26.6 Å². The highest BCUT2D eigenvalue weighted by Gasteiger charge is 2.12. The first kappa shape index (κ1) is 20.4. The molecule has 0 saturated heterocycles. The summed E-state index contributed by atoms with van der Waals surface area (Å²) in [6.45, 7) is 5.23. The fourth-order valence-corrected chi connectivity index (χ4v) is 2.69. The lowest BCUT2D eigenvalue weighted by Crippen LogP contribution is -2.38. The van der Waals surface area contributed by atoms with E-state index in [0.29, 0.717) is 31.2 Å². The predicted octanol–water partition coefficient (Wildman–Crippen LogP) is 3.65. The summed E-state index contributed by atoms with van der Waals surface area (Å²) in [4.78, 5) is 18.2. The Labute approximate surface area is 170 Å². The van der Waals surface area contributed by atoms with Crippen molar-refractivity contribution >= 4 is 6.03 Å². The summed E-state index contributed by atoms with van der Waals surface area (Å²) in [7, 11) is 1.74. The van der Waals surface area contributed by atoms with Crippen LogP contribution in [-0.2, 0) is 19.6 Å². The van der Waals surface area contributed by atoms with Crippen LogP contribution in [0.25, 0.3) is 0 Å². The third-order valence-corrected chi connectivity index (χ3v) is 4.44. The van der Waals surface area contributed by atoms with Crippen molar-refractivity contribution in [2.24, 2.45) is 0 Å². The van der Waals surface area contributed by atoms with Crippen LogP contribution in [0, 0.1) is 13.8 Å². The molecule has 2 aromatic carbocycles. The molecule has 0 aliphatic carbocycles. The summed E-state index contributed by atoms with van der Waals surface area (Å²) in [6.07, 6.45) is 0.502. The Balaban J connectivity index is 1.41. The van der Waals surface area contributed by atoms with Gasteiger partial charge in [-0.25, -0.2) is 4.79 Å². The molecule has 0 radical (unpaired) electrons. The third kappa shape index (κ3) is 6.34. The van der Waals surface area contributed by atoms with E-state index >= 15 is 0 Å². The highest BCUT2D eigenvalue weighted by atomic mass is 16.5. The fourth-order valence-electron chi connectivity index (χ4n) is 2.69. The van der Waals surface area contributed by atoms with Crippen molar-refractivity contribution in [1.29, 1.82) is 0 Å². The molecule has 0 aliphatic rings. The van der Waals surface area contributed by atoms with E-state index in [1.807, 2.05) is 62.4 Å². The molecular formula is C22H26N4O3. The Morgan fingerprint density at radius 1 is 1.14 bits per heavy atom. The van der Waals surface area contributed by atoms with Gasteiger partial charge in [0.2, 0.25) is 0 Å². The second-order valence-corrected chi connectivity index (χ2v) is 7.03. The monoisotopic (exact) mass is 394 g/mol. The molecule has 0 aliphatic heterocycles. The van der Waals surface area contributed by atoms with E-state index < -0.39 is 0 Å². The van der Waals surface area contributed by atoms with Crippen molar-refractivity contribution in [3.63, 3.8) is 0 Å². The number of aromatic nitrogens is 2. The molecule has 0 spiro atoms. The maximum Gasteiger partial charge on any atom is 0.317 e. The van der Waals surface area contributed by atoms with Gasteiger partial charge in [-0.2, -0.15) is 4.98 Å². The van der Waals surface area contributed by atoms with Crippen LogP contribution < -0.4 is 10.1 Å². The van der Waals surface area contributed by atoms with E-state index in [2.05, 4.69) is 15.5 Å². The van der Waals surface area contributed by atoms with Crippen LogP contribution in [0.3, 0.4) is 0 Å². The van der Waals surface area contributed by atoms with Gasteiger partial charge in [0.1, 0.15) is 5.75 Å². The molecule has 7 nitrogen and oxygen atoms in total. The van der Waals surface area contributed by atoms with Crippen LogP contribution in [-0.4, -0.2) is 34.7 Å². The van der Waals surface area contributed by atoms with Crippen LogP contribution in [0.5, 0.6) is 5.75 Å². The summed E-state index contributed by atoms with van der Waals surface area (Å²) < 4.78 is 10.9. The lowest BCUT2D eigenvalue weighted by Gasteiger charge is -2.17. The van der Waals surface area contributed by atoms with Crippen LogP contribution in [0.15, 0.2) is 53.1 Å². The lowest BCUT2D eigenvalue weighted by molar-refractivity contribution is 0.208. The zero-order chi connectivity index (χ0) is 20.6. The molecule has 3 rings (SSSR count). The second kappa shape index (κ2) is 9.73. The Morgan fingerprint density at radius 3 is 2.69 bits per heavy atom. The molecule has 7 heteroatoms. The lowest BCUT2D eigenvalue weighted by atomic mass is 10.1. The van der Waals surface area contributed by atoms with Gasteiger partial charge in [0.05, 0.1) is 0 Å². The molecule has 3 aromatic rings. The molecule has 2 amide bonds. The van der Waals surface area contributed by atoms with Gasteiger partial charge in [0.15, 0.2) is 12.4 Å². The Morgan fingerprint density at radius 2 is 1.93 bits per heavy atom. The summed E-state index contributed by atoms with van der Waals surface area (Å²) in [5.74, 6) is 1.72. The normalized spacial score (nSPS) is 10.6. The smallest absolute Gasteiger partial charge is 0.317 e. The molecule has 1 heterocycles. The first-order valence-corrected chi connectivity index (χ1v) is 9.55. The quantitative estimate of drug-likeness (QED) is 0.631. The average molecular weight is 394 g/mol. The Hall–Kier alpha value is -3.35. The van der Waals surface area contributed by atoms with E-state index in [1.165, 1.54) is 5.56 Å². The van der Waals surface area contributed by atoms with Gasteiger partial charge >= 0.3 is 6.03 Å². The summed E-state index contributed by atoms with van der Waals surface area (Å²) in [5, 5.41) is 6.86. The van der Waals surface area contributed by atoms with Crippen LogP contribution in [0.2, 0.25) is 0 Å². The number of carbonyl (C=O) groups excluding carboxylic acids is 1. The SMILES string of the molecule is Cc1ccc(CNC(=O)N(C)CCc2noc(COc3cccc(C)c3)n2)cc1. The number of nitrogens with zero attached hydrogens (tertiary/aromatic N) is 3. The number of hydrogen-bond donors (Lipinski definition) is 1. The minimum absolute atomic E-state index is 0.142. The highest BCUT2D eigenvalue weighted by Crippen LogP contribution is 2.14. The van der Waals surface area contributed by atoms with E-state index in [9.17, 15) is 4.79 Å². The van der Waals surface area contributed by atoms with E-state index in [4.69, 9.17) is 9.26 Å². The molecule has 0 atom stereocenters. The van der Waals surface area contributed by atoms with Gasteiger partial charge in [-0.05, 0) is 37.1 Å². The van der Waals surface area contributed by atoms with Crippen LogP contribution in [0.1, 0.15) is 28.4 Å². The van der Waals surface area contributed by atoms with Crippen molar-refractivity contribution in [3.8, 4) is 5.75 Å². The van der Waals surface area contributed by atoms with Crippen molar-refractivity contribution < 1.29 is 14.1 Å². The van der Waals surface area contributed by atoms with Gasteiger partial charge in [0.25, 0.3) is 5.89 Å². The maximum absolute atomic E-state index is 12.2. The summed E-state index contributed by atoms with van der Waals surface area (Å²) in [6, 6.07) is 15.7. The fraction of sp³-hybridized carbons (Fsp3) is 0.318. The zero-order valence-electron chi connectivity index (χ0n) is 17.0. The minimum Gasteiger partial charge on any atom is -0.484 e. The predicted molar refractivity (Wildman–Crippen MR) is 110 cm³/mol. The molecule has 0 unspecified atom stereocenters. The number of carbonyl (C=O) groups is 1. The average Bonchev–Trinajstić information content (AvgIpc) is 3.18. The van der Waals surface area contributed by atoms with E-state index in [-0.39, 0.29) is 12.6 Å². The number of aryl methyl sites for hydroxylation is 2. The largest absolute Gasteiger partial charge is 0.484 e. The number of nitrogens with one attached hydrogen (secondary N) is 1. The number of hydrogen-bond acceptors (Lipinski definition) is 5. The standard InChI is InChI=1S/C22H26N4O3/c1-16-7-9-18(10-8-16)14-23-22(27)26(3)12-11-20-24-21(29-25-20)15-28-19-6-4-5-17(2)13-19/h4-10,13H,11-12,14-15H2,1-3H3,(H,23,27). The highest BCUT2D eigenvalue weighted by molar-refractivity contribution is 5.73. The molecule has 0 saturated carbocycles. The molecule has 0 bridgehead atoms. The number of rotatable bonds is 8. The number of urea groups is 1. The first-order valence-electron chi connectivity index (χ1n) is 9.55. The number of likely N-dealkylation sites (N-methyl/N-ethyl adjacent to an activating group) is 1. The number of amides is 2. The van der Waals surface area contributed by atoms with Crippen molar-refractivity contribution in [2.75, 3.05) is 13.6 Å². The molecule has 29 heavy (non-hydrogen) atoms. The maximum atomic E-state index is 12.2. The van der Waals surface area contributed by atoms with Gasteiger partial charge in [-0.1, -0.05) is 47.1 Å². The second-order valence-electron chi connectivity index (χ2n) is 7.03. The minimum atomic E-state index is -0.142. The third-order valence-electron chi connectivity index (χ3n) is 4.44. The summed E-state index contributed by atoms with van der Waals surface area (Å²) in [5.41, 5.74) is 3.38. The number of ether oxygens (including phenoxy) is 1. The van der Waals surface area contributed by atoms with Gasteiger partial charge < -0.3 is 19.5 Å². The van der Waals surface area contributed by atoms with E-state index in [0.717, 1.165) is 16.9 Å². The van der Waals surface area contributed by atoms with Crippen molar-refractivity contribution in [1.82, 2.24) is 20.4 Å². The summed E-state index contributed by atoms with van der Waals surface area (Å²) >= 11 is 0. The molecule has 1 N–H and O–H groups in total. The molecular weight excluding hydrogens is 368 g/mol. The molecule has 0 fully saturated rings.